The van der Waals surface area contributed by atoms with Crippen molar-refractivity contribution < 1.29 is 22.3 Å². The molecule has 0 fully saturated rings. The maximum atomic E-state index is 0. The van der Waals surface area contributed by atoms with Crippen molar-refractivity contribution >= 4 is 41.3 Å². The average Bonchev–Trinajstić information content (AvgIpc) is 0. The van der Waals surface area contributed by atoms with Gasteiger partial charge >= 0.3 is 58.0 Å². The Morgan fingerprint density at radius 3 is 1.00 bits per heavy atom. The molecule has 0 unspecified atom stereocenters. The van der Waals surface area contributed by atoms with Crippen LogP contribution in [0.2, 0.25) is 0 Å². The molecule has 0 N–H and O–H groups in total. The quantitative estimate of drug-likeness (QED) is 0.475. The van der Waals surface area contributed by atoms with Gasteiger partial charge in [-0.3, -0.25) is 0 Å². The van der Waals surface area contributed by atoms with Crippen LogP contribution in [-0.2, 0) is 22.3 Å². The molecule has 0 aromatic rings. The predicted molar refractivity (Wildman–Crippen MR) is 12.2 cm³/mol. The van der Waals surface area contributed by atoms with Gasteiger partial charge in [0.05, 0.1) is 0 Å². The van der Waals surface area contributed by atoms with Crippen molar-refractivity contribution in [1.82, 2.24) is 0 Å². The second kappa shape index (κ2) is 21.4. The van der Waals surface area contributed by atoms with Gasteiger partial charge in [-0.1, -0.05) is 0 Å². The van der Waals surface area contributed by atoms with Crippen molar-refractivity contribution in [2.45, 2.75) is 0 Å². The predicted octanol–water partition coefficient (Wildman–Crippen LogP) is -0.883. The van der Waals surface area contributed by atoms with Crippen LogP contribution in [-0.4, -0.2) is 41.3 Å². The third-order valence-electron chi connectivity index (χ3n) is 0. The van der Waals surface area contributed by atoms with Crippen molar-refractivity contribution in [3.05, 3.63) is 0 Å². The average molecular weight is 221 g/mol. The van der Waals surface area contributed by atoms with E-state index in [2.05, 4.69) is 0 Å². The van der Waals surface area contributed by atoms with E-state index in [9.17, 15) is 0 Å². The first-order valence-corrected chi connectivity index (χ1v) is 0. The fraction of sp³-hybridized carbons (Fsp3) is 0. The normalized spacial score (nSPS) is 0. The summed E-state index contributed by atoms with van der Waals surface area (Å²) in [5.41, 5.74) is 0. The summed E-state index contributed by atoms with van der Waals surface area (Å²) in [5, 5.41) is 0. The Balaban J connectivity index is 0. The smallest absolute Gasteiger partial charge is 2.00 e. The largest absolute Gasteiger partial charge is 4.00 e. The molecule has 0 rings (SSSR count). The van der Waals surface area contributed by atoms with Gasteiger partial charge < -0.3 is 5.48 Å². The summed E-state index contributed by atoms with van der Waals surface area (Å²) < 4.78 is 0. The van der Waals surface area contributed by atoms with Crippen LogP contribution in [0.4, 0.5) is 0 Å². The molecule has 0 aromatic carbocycles. The zero-order chi connectivity index (χ0) is 0. The molecule has 0 atom stereocenters. The Morgan fingerprint density at radius 2 is 1.00 bits per heavy atom. The maximum absolute atomic E-state index is 0. The molecule has 4 heteroatoms. The van der Waals surface area contributed by atoms with Crippen LogP contribution in [0.5, 0.6) is 0 Å². The summed E-state index contributed by atoms with van der Waals surface area (Å²) >= 11 is 0. The molecule has 1 nitrogen and oxygen atoms in total. The van der Waals surface area contributed by atoms with E-state index in [1.165, 1.54) is 0 Å². The van der Waals surface area contributed by atoms with Gasteiger partial charge in [-0.15, -0.1) is 0 Å². The zero-order valence-corrected chi connectivity index (χ0v) is 6.87. The summed E-state index contributed by atoms with van der Waals surface area (Å²) in [6.45, 7) is 0. The third-order valence-corrected chi connectivity index (χ3v) is 0. The SMILES string of the molecule is [Al+3].[Co+2].[O-2].[Sn+4]. The standard InChI is InChI=1S/Al.Co.O.Sn/q+3;+2;-2;+4. The first-order valence-electron chi connectivity index (χ1n) is 0. The van der Waals surface area contributed by atoms with E-state index < -0.39 is 0 Å². The van der Waals surface area contributed by atoms with E-state index in [0.29, 0.717) is 0 Å². The van der Waals surface area contributed by atoms with Crippen LogP contribution >= 0.6 is 0 Å². The molecular formula is AlCoOSn+7. The van der Waals surface area contributed by atoms with Gasteiger partial charge in [-0.25, -0.2) is 0 Å². The summed E-state index contributed by atoms with van der Waals surface area (Å²) in [7, 11) is 0. The third kappa shape index (κ3) is 9.20. The molecule has 0 aliphatic heterocycles. The van der Waals surface area contributed by atoms with Crippen LogP contribution < -0.4 is 0 Å². The Labute approximate surface area is 63.1 Å². The molecule has 0 amide bonds. The molecular weight excluding hydrogens is 221 g/mol. The summed E-state index contributed by atoms with van der Waals surface area (Å²) in [6, 6.07) is 0. The summed E-state index contributed by atoms with van der Waals surface area (Å²) in [5.74, 6) is 0. The monoisotopic (exact) mass is 222 g/mol. The second-order valence-electron chi connectivity index (χ2n) is 0. The molecule has 15 valence electrons. The number of hydrogen-bond acceptors (Lipinski definition) is 0. The molecule has 0 saturated carbocycles. The van der Waals surface area contributed by atoms with Gasteiger partial charge in [0.1, 0.15) is 0 Å². The van der Waals surface area contributed by atoms with Crippen LogP contribution in [0.15, 0.2) is 0 Å². The van der Waals surface area contributed by atoms with Crippen LogP contribution in [0, 0.1) is 0 Å². The summed E-state index contributed by atoms with van der Waals surface area (Å²) in [6.07, 6.45) is 0. The van der Waals surface area contributed by atoms with E-state index in [-0.39, 0.29) is 63.5 Å². The number of rotatable bonds is 0. The zero-order valence-electron chi connectivity index (χ0n) is 1.82. The van der Waals surface area contributed by atoms with Crippen molar-refractivity contribution in [1.29, 1.82) is 0 Å². The van der Waals surface area contributed by atoms with Crippen LogP contribution in [0.25, 0.3) is 0 Å². The Bertz CT molecular complexity index is 8.00. The van der Waals surface area contributed by atoms with Crippen LogP contribution in [0.1, 0.15) is 0 Å². The van der Waals surface area contributed by atoms with Crippen molar-refractivity contribution in [3.8, 4) is 0 Å². The van der Waals surface area contributed by atoms with Crippen molar-refractivity contribution in [3.63, 3.8) is 0 Å². The maximum Gasteiger partial charge on any atom is 4.00 e. The molecule has 0 spiro atoms. The fourth-order valence-electron chi connectivity index (χ4n) is 0. The van der Waals surface area contributed by atoms with Gasteiger partial charge in [0.15, 0.2) is 0 Å². The first-order chi connectivity index (χ1) is 0. The van der Waals surface area contributed by atoms with E-state index >= 15 is 0 Å². The van der Waals surface area contributed by atoms with E-state index in [4.69, 9.17) is 0 Å². The van der Waals surface area contributed by atoms with Gasteiger partial charge in [0, 0.05) is 0 Å². The molecule has 1 radical (unpaired) electrons. The molecule has 0 heterocycles. The Morgan fingerprint density at radius 1 is 1.00 bits per heavy atom. The minimum absolute atomic E-state index is 0. The molecule has 4 heavy (non-hydrogen) atoms. The minimum Gasteiger partial charge on any atom is -2.00 e. The molecule has 0 saturated heterocycles. The fourth-order valence-corrected chi connectivity index (χ4v) is 0. The minimum atomic E-state index is 0. The van der Waals surface area contributed by atoms with Gasteiger partial charge in [-0.05, 0) is 0 Å². The molecule has 0 aliphatic carbocycles. The Hall–Kier alpha value is 1.80. The topological polar surface area (TPSA) is 28.5 Å². The van der Waals surface area contributed by atoms with Crippen LogP contribution in [0.3, 0.4) is 0 Å². The van der Waals surface area contributed by atoms with E-state index in [1.54, 1.807) is 0 Å². The van der Waals surface area contributed by atoms with Gasteiger partial charge in [-0.2, -0.15) is 0 Å². The van der Waals surface area contributed by atoms with Crippen molar-refractivity contribution in [2.75, 3.05) is 0 Å². The van der Waals surface area contributed by atoms with Gasteiger partial charge in [0.25, 0.3) is 0 Å². The molecule has 0 bridgehead atoms. The second-order valence-corrected chi connectivity index (χ2v) is 0. The molecule has 0 aromatic heterocycles. The molecule has 0 aliphatic rings. The first kappa shape index (κ1) is 41.3. The number of hydrogen-bond donors (Lipinski definition) is 0. The Kier molecular flexibility index (Phi) is 221. The van der Waals surface area contributed by atoms with E-state index in [0.717, 1.165) is 0 Å². The van der Waals surface area contributed by atoms with E-state index in [1.807, 2.05) is 0 Å². The van der Waals surface area contributed by atoms with Gasteiger partial charge in [0.2, 0.25) is 0 Å². The van der Waals surface area contributed by atoms with Crippen molar-refractivity contribution in [2.24, 2.45) is 0 Å². The summed E-state index contributed by atoms with van der Waals surface area (Å²) in [4.78, 5) is 0.